The Morgan fingerprint density at radius 3 is 2.65 bits per heavy atom. The van der Waals surface area contributed by atoms with Crippen molar-refractivity contribution in [1.82, 2.24) is 9.62 Å². The summed E-state index contributed by atoms with van der Waals surface area (Å²) in [6.45, 7) is 1.26. The van der Waals surface area contributed by atoms with E-state index in [4.69, 9.17) is 0 Å². The topological polar surface area (TPSA) is 66.5 Å². The first-order valence-corrected chi connectivity index (χ1v) is 6.83. The fourth-order valence-corrected chi connectivity index (χ4v) is 3.43. The van der Waals surface area contributed by atoms with E-state index in [2.05, 4.69) is 5.32 Å². The standard InChI is InChI=1S/C11H14N2O3S/c14-9-10-8-12-6-7-13(10)17(15,16)11-4-2-1-3-5-11/h1-5,9-10,12H,6-8H2. The third-order valence-electron chi connectivity index (χ3n) is 2.74. The van der Waals surface area contributed by atoms with Gasteiger partial charge in [0.05, 0.1) is 10.9 Å². The Morgan fingerprint density at radius 2 is 2.00 bits per heavy atom. The monoisotopic (exact) mass is 254 g/mol. The van der Waals surface area contributed by atoms with E-state index < -0.39 is 16.1 Å². The second-order valence-electron chi connectivity index (χ2n) is 3.84. The normalized spacial score (nSPS) is 22.2. The van der Waals surface area contributed by atoms with Gasteiger partial charge in [-0.2, -0.15) is 4.31 Å². The number of hydrogen-bond donors (Lipinski definition) is 1. The minimum absolute atomic E-state index is 0.230. The minimum Gasteiger partial charge on any atom is -0.313 e. The van der Waals surface area contributed by atoms with Crippen molar-refractivity contribution in [3.63, 3.8) is 0 Å². The average molecular weight is 254 g/mol. The van der Waals surface area contributed by atoms with Gasteiger partial charge in [0, 0.05) is 19.6 Å². The van der Waals surface area contributed by atoms with E-state index in [-0.39, 0.29) is 4.90 Å². The maximum absolute atomic E-state index is 12.3. The van der Waals surface area contributed by atoms with Gasteiger partial charge in [0.15, 0.2) is 0 Å². The van der Waals surface area contributed by atoms with Crippen LogP contribution in [-0.4, -0.2) is 44.7 Å². The molecule has 0 saturated carbocycles. The molecular formula is C11H14N2O3S. The lowest BCUT2D eigenvalue weighted by atomic mass is 10.3. The molecule has 1 heterocycles. The van der Waals surface area contributed by atoms with Crippen molar-refractivity contribution in [1.29, 1.82) is 0 Å². The quantitative estimate of drug-likeness (QED) is 0.762. The molecule has 5 nitrogen and oxygen atoms in total. The zero-order chi connectivity index (χ0) is 12.3. The predicted molar refractivity (Wildman–Crippen MR) is 63.1 cm³/mol. The van der Waals surface area contributed by atoms with Gasteiger partial charge in [-0.3, -0.25) is 0 Å². The van der Waals surface area contributed by atoms with Gasteiger partial charge in [-0.25, -0.2) is 8.42 Å². The Bertz CT molecular complexity index is 487. The molecule has 1 aromatic carbocycles. The van der Waals surface area contributed by atoms with Crippen molar-refractivity contribution in [3.05, 3.63) is 30.3 Å². The smallest absolute Gasteiger partial charge is 0.243 e. The molecule has 1 aromatic rings. The van der Waals surface area contributed by atoms with E-state index in [9.17, 15) is 13.2 Å². The van der Waals surface area contributed by atoms with Crippen LogP contribution in [-0.2, 0) is 14.8 Å². The molecule has 0 bridgehead atoms. The molecule has 92 valence electrons. The van der Waals surface area contributed by atoms with Crippen LogP contribution in [0, 0.1) is 0 Å². The lowest BCUT2D eigenvalue weighted by Gasteiger charge is -2.31. The zero-order valence-corrected chi connectivity index (χ0v) is 10.1. The van der Waals surface area contributed by atoms with Crippen LogP contribution < -0.4 is 5.32 Å². The van der Waals surface area contributed by atoms with E-state index in [0.29, 0.717) is 25.9 Å². The van der Waals surface area contributed by atoms with Crippen molar-refractivity contribution in [3.8, 4) is 0 Å². The average Bonchev–Trinajstić information content (AvgIpc) is 2.39. The number of carbonyl (C=O) groups excluding carboxylic acids is 1. The number of nitrogens with zero attached hydrogens (tertiary/aromatic N) is 1. The van der Waals surface area contributed by atoms with Gasteiger partial charge >= 0.3 is 0 Å². The highest BCUT2D eigenvalue weighted by atomic mass is 32.2. The maximum atomic E-state index is 12.3. The van der Waals surface area contributed by atoms with Crippen LogP contribution in [0.2, 0.25) is 0 Å². The number of sulfonamides is 1. The number of nitrogens with one attached hydrogen (secondary N) is 1. The Hall–Kier alpha value is -1.24. The minimum atomic E-state index is -3.56. The molecule has 1 fully saturated rings. The van der Waals surface area contributed by atoms with Gasteiger partial charge < -0.3 is 10.1 Å². The first kappa shape index (κ1) is 12.2. The predicted octanol–water partition coefficient (Wildman–Crippen LogP) is -0.152. The zero-order valence-electron chi connectivity index (χ0n) is 9.24. The van der Waals surface area contributed by atoms with Crippen LogP contribution in [0.3, 0.4) is 0 Å². The summed E-state index contributed by atoms with van der Waals surface area (Å²) in [6, 6.07) is 7.57. The second-order valence-corrected chi connectivity index (χ2v) is 5.73. The molecule has 0 amide bonds. The van der Waals surface area contributed by atoms with Crippen molar-refractivity contribution in [2.75, 3.05) is 19.6 Å². The van der Waals surface area contributed by atoms with Gasteiger partial charge in [-0.05, 0) is 12.1 Å². The third-order valence-corrected chi connectivity index (χ3v) is 4.68. The molecule has 1 aliphatic rings. The Morgan fingerprint density at radius 1 is 1.29 bits per heavy atom. The van der Waals surface area contributed by atoms with Crippen LogP contribution in [0.1, 0.15) is 0 Å². The summed E-state index contributed by atoms with van der Waals surface area (Å²) in [6.07, 6.45) is 0.673. The summed E-state index contributed by atoms with van der Waals surface area (Å²) in [7, 11) is -3.56. The summed E-state index contributed by atoms with van der Waals surface area (Å²) in [5.74, 6) is 0. The number of benzene rings is 1. The van der Waals surface area contributed by atoms with Gasteiger partial charge in [0.2, 0.25) is 10.0 Å². The van der Waals surface area contributed by atoms with Crippen molar-refractivity contribution >= 4 is 16.3 Å². The number of rotatable bonds is 3. The summed E-state index contributed by atoms with van der Waals surface area (Å²) < 4.78 is 25.8. The lowest BCUT2D eigenvalue weighted by molar-refractivity contribution is -0.111. The van der Waals surface area contributed by atoms with Crippen LogP contribution in [0.4, 0.5) is 0 Å². The molecule has 1 saturated heterocycles. The number of hydrogen-bond acceptors (Lipinski definition) is 4. The van der Waals surface area contributed by atoms with Crippen LogP contribution in [0.5, 0.6) is 0 Å². The largest absolute Gasteiger partial charge is 0.313 e. The molecular weight excluding hydrogens is 240 g/mol. The van der Waals surface area contributed by atoms with Crippen LogP contribution >= 0.6 is 0 Å². The van der Waals surface area contributed by atoms with E-state index in [0.717, 1.165) is 0 Å². The lowest BCUT2D eigenvalue weighted by Crippen LogP contribution is -2.54. The van der Waals surface area contributed by atoms with E-state index in [1.807, 2.05) is 0 Å². The molecule has 0 aromatic heterocycles. The number of piperazine rings is 1. The van der Waals surface area contributed by atoms with E-state index in [1.165, 1.54) is 4.31 Å². The van der Waals surface area contributed by atoms with Crippen molar-refractivity contribution in [2.45, 2.75) is 10.9 Å². The van der Waals surface area contributed by atoms with Crippen LogP contribution in [0.15, 0.2) is 35.2 Å². The first-order chi connectivity index (χ1) is 8.16. The molecule has 6 heteroatoms. The van der Waals surface area contributed by atoms with Crippen molar-refractivity contribution in [2.24, 2.45) is 0 Å². The van der Waals surface area contributed by atoms with Gasteiger partial charge in [-0.1, -0.05) is 18.2 Å². The van der Waals surface area contributed by atoms with Gasteiger partial charge in [-0.15, -0.1) is 0 Å². The van der Waals surface area contributed by atoms with Crippen molar-refractivity contribution < 1.29 is 13.2 Å². The molecule has 1 unspecified atom stereocenters. The van der Waals surface area contributed by atoms with E-state index >= 15 is 0 Å². The van der Waals surface area contributed by atoms with Crippen LogP contribution in [0.25, 0.3) is 0 Å². The molecule has 0 radical (unpaired) electrons. The van der Waals surface area contributed by atoms with E-state index in [1.54, 1.807) is 30.3 Å². The Balaban J connectivity index is 2.34. The molecule has 0 spiro atoms. The number of carbonyl (C=O) groups is 1. The number of aldehydes is 1. The molecule has 1 N–H and O–H groups in total. The maximum Gasteiger partial charge on any atom is 0.243 e. The first-order valence-electron chi connectivity index (χ1n) is 5.39. The highest BCUT2D eigenvalue weighted by Gasteiger charge is 2.32. The Labute approximate surface area is 100 Å². The molecule has 0 aliphatic carbocycles. The molecule has 1 aliphatic heterocycles. The third kappa shape index (κ3) is 2.38. The second kappa shape index (κ2) is 4.95. The molecule has 2 rings (SSSR count). The molecule has 1 atom stereocenters. The summed E-state index contributed by atoms with van der Waals surface area (Å²) in [4.78, 5) is 11.1. The SMILES string of the molecule is O=CC1CNCCN1S(=O)(=O)c1ccccc1. The fourth-order valence-electron chi connectivity index (χ4n) is 1.85. The van der Waals surface area contributed by atoms with Gasteiger partial charge in [0.1, 0.15) is 6.29 Å². The summed E-state index contributed by atoms with van der Waals surface area (Å²) in [5, 5.41) is 3.00. The summed E-state index contributed by atoms with van der Waals surface area (Å²) in [5.41, 5.74) is 0. The highest BCUT2D eigenvalue weighted by Crippen LogP contribution is 2.18. The summed E-state index contributed by atoms with van der Waals surface area (Å²) >= 11 is 0. The fraction of sp³-hybridized carbons (Fsp3) is 0.364. The molecule has 17 heavy (non-hydrogen) atoms. The van der Waals surface area contributed by atoms with Gasteiger partial charge in [0.25, 0.3) is 0 Å². The Kier molecular flexibility index (Phi) is 3.56. The highest BCUT2D eigenvalue weighted by molar-refractivity contribution is 7.89.